The molecule has 0 aliphatic carbocycles. The molecule has 0 N–H and O–H groups in total. The van der Waals surface area contributed by atoms with Gasteiger partial charge in [0.2, 0.25) is 5.91 Å². The number of nitrogens with zero attached hydrogens (tertiary/aromatic N) is 2. The molecule has 2 aromatic rings. The molecule has 0 fully saturated rings. The van der Waals surface area contributed by atoms with Gasteiger partial charge in [0, 0.05) is 18.8 Å². The van der Waals surface area contributed by atoms with Gasteiger partial charge in [-0.15, -0.1) is 11.3 Å². The quantitative estimate of drug-likeness (QED) is 0.555. The summed E-state index contributed by atoms with van der Waals surface area (Å²) >= 11 is 7.55. The molecule has 28 heavy (non-hydrogen) atoms. The number of amides is 1. The summed E-state index contributed by atoms with van der Waals surface area (Å²) in [6.45, 7) is 6.32. The lowest BCUT2D eigenvalue weighted by atomic mass is 10.2. The summed E-state index contributed by atoms with van der Waals surface area (Å²) in [5, 5.41) is 2.60. The molecule has 152 valence electrons. The van der Waals surface area contributed by atoms with Crippen molar-refractivity contribution in [1.82, 2.24) is 4.98 Å². The zero-order valence-electron chi connectivity index (χ0n) is 16.3. The van der Waals surface area contributed by atoms with Crippen molar-refractivity contribution < 1.29 is 23.8 Å². The Bertz CT molecular complexity index is 840. The van der Waals surface area contributed by atoms with Gasteiger partial charge in [0.15, 0.2) is 16.6 Å². The van der Waals surface area contributed by atoms with Gasteiger partial charge in [0.1, 0.15) is 6.61 Å². The summed E-state index contributed by atoms with van der Waals surface area (Å²) in [6.07, 6.45) is 0.817. The minimum Gasteiger partial charge on any atom is -0.493 e. The van der Waals surface area contributed by atoms with E-state index in [9.17, 15) is 9.59 Å². The standard InChI is InChI=1S/C19H23ClN2O5S/c1-5-7-26-17-15(20)8-13(9-16(17)25-4)18(24)27-10-14-11-28-19(21-14)22(6-2)12(3)23/h8-9,11H,5-7,10H2,1-4H3. The first-order valence-corrected chi connectivity index (χ1v) is 10.1. The molecule has 0 unspecified atom stereocenters. The van der Waals surface area contributed by atoms with Crippen molar-refractivity contribution in [3.05, 3.63) is 33.8 Å². The van der Waals surface area contributed by atoms with Crippen molar-refractivity contribution in [3.8, 4) is 11.5 Å². The van der Waals surface area contributed by atoms with E-state index in [1.165, 1.54) is 37.5 Å². The SMILES string of the molecule is CCCOc1c(Cl)cc(C(=O)OCc2csc(N(CC)C(C)=O)n2)cc1OC. The molecule has 1 heterocycles. The minimum atomic E-state index is -0.560. The molecule has 1 aromatic carbocycles. The van der Waals surface area contributed by atoms with Crippen molar-refractivity contribution >= 4 is 39.9 Å². The third kappa shape index (κ3) is 5.36. The van der Waals surface area contributed by atoms with Crippen LogP contribution in [0, 0.1) is 0 Å². The predicted molar refractivity (Wildman–Crippen MR) is 109 cm³/mol. The van der Waals surface area contributed by atoms with Gasteiger partial charge in [-0.3, -0.25) is 9.69 Å². The van der Waals surface area contributed by atoms with Crippen LogP contribution >= 0.6 is 22.9 Å². The number of rotatable bonds is 9. The molecule has 1 amide bonds. The second-order valence-corrected chi connectivity index (χ2v) is 7.04. The number of aromatic nitrogens is 1. The molecule has 0 bridgehead atoms. The Balaban J connectivity index is 2.08. The number of thiazole rings is 1. The van der Waals surface area contributed by atoms with E-state index in [1.807, 2.05) is 13.8 Å². The van der Waals surface area contributed by atoms with E-state index in [2.05, 4.69) is 4.98 Å². The Kier molecular flexibility index (Phi) is 8.07. The van der Waals surface area contributed by atoms with Gasteiger partial charge >= 0.3 is 5.97 Å². The van der Waals surface area contributed by atoms with E-state index in [0.29, 0.717) is 35.5 Å². The van der Waals surface area contributed by atoms with E-state index >= 15 is 0 Å². The number of carbonyl (C=O) groups excluding carboxylic acids is 2. The zero-order valence-corrected chi connectivity index (χ0v) is 17.9. The number of halogens is 1. The maximum absolute atomic E-state index is 12.4. The second kappa shape index (κ2) is 10.3. The molecule has 0 radical (unpaired) electrons. The van der Waals surface area contributed by atoms with Crippen LogP contribution in [-0.4, -0.2) is 37.1 Å². The number of hydrogen-bond donors (Lipinski definition) is 0. The van der Waals surface area contributed by atoms with Gasteiger partial charge in [-0.1, -0.05) is 18.5 Å². The summed E-state index contributed by atoms with van der Waals surface area (Å²) in [4.78, 5) is 29.9. The van der Waals surface area contributed by atoms with Gasteiger partial charge in [-0.2, -0.15) is 0 Å². The fourth-order valence-corrected chi connectivity index (χ4v) is 3.57. The van der Waals surface area contributed by atoms with Crippen LogP contribution < -0.4 is 14.4 Å². The van der Waals surface area contributed by atoms with Crippen LogP contribution in [-0.2, 0) is 16.1 Å². The molecule has 0 aliphatic rings. The van der Waals surface area contributed by atoms with Crippen molar-refractivity contribution in [3.63, 3.8) is 0 Å². The second-order valence-electron chi connectivity index (χ2n) is 5.80. The Labute approximate surface area is 173 Å². The third-order valence-corrected chi connectivity index (χ3v) is 4.93. The number of anilines is 1. The number of benzene rings is 1. The first-order chi connectivity index (χ1) is 13.4. The molecule has 2 rings (SSSR count). The lowest BCUT2D eigenvalue weighted by Gasteiger charge is -2.14. The number of methoxy groups -OCH3 is 1. The van der Waals surface area contributed by atoms with Crippen molar-refractivity contribution in [1.29, 1.82) is 0 Å². The highest BCUT2D eigenvalue weighted by Crippen LogP contribution is 2.36. The molecule has 9 heteroatoms. The number of esters is 1. The van der Waals surface area contributed by atoms with Crippen LogP contribution in [0.2, 0.25) is 5.02 Å². The van der Waals surface area contributed by atoms with E-state index in [0.717, 1.165) is 6.42 Å². The highest BCUT2D eigenvalue weighted by Gasteiger charge is 2.18. The van der Waals surface area contributed by atoms with Gasteiger partial charge in [0.25, 0.3) is 0 Å². The topological polar surface area (TPSA) is 78.0 Å². The summed E-state index contributed by atoms with van der Waals surface area (Å²) < 4.78 is 16.2. The smallest absolute Gasteiger partial charge is 0.338 e. The maximum Gasteiger partial charge on any atom is 0.338 e. The van der Waals surface area contributed by atoms with Crippen LogP contribution in [0.1, 0.15) is 43.2 Å². The first-order valence-electron chi connectivity index (χ1n) is 8.81. The van der Waals surface area contributed by atoms with Crippen LogP contribution in [0.5, 0.6) is 11.5 Å². The molecule has 0 spiro atoms. The molecular weight excluding hydrogens is 404 g/mol. The first kappa shape index (κ1) is 22.0. The molecule has 1 aromatic heterocycles. The van der Waals surface area contributed by atoms with Crippen LogP contribution in [0.3, 0.4) is 0 Å². The normalized spacial score (nSPS) is 10.5. The van der Waals surface area contributed by atoms with Gasteiger partial charge in [-0.25, -0.2) is 9.78 Å². The summed E-state index contributed by atoms with van der Waals surface area (Å²) in [5.41, 5.74) is 0.814. The van der Waals surface area contributed by atoms with Crippen LogP contribution in [0.15, 0.2) is 17.5 Å². The third-order valence-electron chi connectivity index (χ3n) is 3.73. The molecule has 7 nitrogen and oxygen atoms in total. The highest BCUT2D eigenvalue weighted by molar-refractivity contribution is 7.14. The monoisotopic (exact) mass is 426 g/mol. The Morgan fingerprint density at radius 1 is 1.29 bits per heavy atom. The van der Waals surface area contributed by atoms with E-state index in [4.69, 9.17) is 25.8 Å². The van der Waals surface area contributed by atoms with E-state index in [1.54, 1.807) is 10.3 Å². The van der Waals surface area contributed by atoms with Crippen molar-refractivity contribution in [2.45, 2.75) is 33.8 Å². The zero-order chi connectivity index (χ0) is 20.7. The minimum absolute atomic E-state index is 0.0151. The largest absolute Gasteiger partial charge is 0.493 e. The average Bonchev–Trinajstić information content (AvgIpc) is 3.13. The predicted octanol–water partition coefficient (Wildman–Crippen LogP) is 4.32. The number of ether oxygens (including phenoxy) is 3. The molecule has 0 saturated carbocycles. The van der Waals surface area contributed by atoms with Crippen molar-refractivity contribution in [2.24, 2.45) is 0 Å². The Hall–Kier alpha value is -2.32. The lowest BCUT2D eigenvalue weighted by molar-refractivity contribution is -0.116. The summed E-state index contributed by atoms with van der Waals surface area (Å²) in [7, 11) is 1.48. The Morgan fingerprint density at radius 2 is 2.04 bits per heavy atom. The van der Waals surface area contributed by atoms with Gasteiger partial charge < -0.3 is 14.2 Å². The Morgan fingerprint density at radius 3 is 2.64 bits per heavy atom. The van der Waals surface area contributed by atoms with Gasteiger partial charge in [-0.05, 0) is 25.5 Å². The van der Waals surface area contributed by atoms with Crippen molar-refractivity contribution in [2.75, 3.05) is 25.2 Å². The van der Waals surface area contributed by atoms with E-state index < -0.39 is 5.97 Å². The summed E-state index contributed by atoms with van der Waals surface area (Å²) in [5.74, 6) is 0.114. The van der Waals surface area contributed by atoms with Crippen LogP contribution in [0.4, 0.5) is 5.13 Å². The number of hydrogen-bond acceptors (Lipinski definition) is 7. The highest BCUT2D eigenvalue weighted by atomic mass is 35.5. The fourth-order valence-electron chi connectivity index (χ4n) is 2.38. The number of carbonyl (C=O) groups is 2. The maximum atomic E-state index is 12.4. The van der Waals surface area contributed by atoms with E-state index in [-0.39, 0.29) is 23.1 Å². The fraction of sp³-hybridized carbons (Fsp3) is 0.421. The molecule has 0 atom stereocenters. The molecule has 0 saturated heterocycles. The van der Waals surface area contributed by atoms with Gasteiger partial charge in [0.05, 0.1) is 30.0 Å². The summed E-state index contributed by atoms with van der Waals surface area (Å²) in [6, 6.07) is 3.01. The molecule has 0 aliphatic heterocycles. The van der Waals surface area contributed by atoms with Crippen LogP contribution in [0.25, 0.3) is 0 Å². The lowest BCUT2D eigenvalue weighted by Crippen LogP contribution is -2.27. The molecular formula is C19H23ClN2O5S. The average molecular weight is 427 g/mol.